The summed E-state index contributed by atoms with van der Waals surface area (Å²) in [6, 6.07) is 9.96. The summed E-state index contributed by atoms with van der Waals surface area (Å²) in [7, 11) is 0. The second-order valence-electron chi connectivity index (χ2n) is 6.38. The van der Waals surface area contributed by atoms with Crippen LogP contribution < -0.4 is 19.7 Å². The summed E-state index contributed by atoms with van der Waals surface area (Å²) in [5.74, 6) is -1.40. The standard InChI is InChI=1S/C21H16Br2N2O6S/c1-2-30-13-5-3-12(4-6-13)25-20(29)14(19(28)24-21(25)32)7-11-8-15(22)18(16(23)9-11)31-10-17(26)27/h3-9H,2,10H2,1H3,(H,26,27)(H,24,28,32). The van der Waals surface area contributed by atoms with E-state index in [0.717, 1.165) is 0 Å². The molecule has 0 aromatic heterocycles. The predicted octanol–water partition coefficient (Wildman–Crippen LogP) is 3.91. The van der Waals surface area contributed by atoms with Crippen LogP contribution in [-0.4, -0.2) is 41.2 Å². The highest BCUT2D eigenvalue weighted by atomic mass is 79.9. The number of hydrogen-bond acceptors (Lipinski definition) is 6. The Morgan fingerprint density at radius 1 is 1.16 bits per heavy atom. The summed E-state index contributed by atoms with van der Waals surface area (Å²) >= 11 is 11.8. The Bertz CT molecular complexity index is 1110. The van der Waals surface area contributed by atoms with Crippen molar-refractivity contribution in [3.63, 3.8) is 0 Å². The SMILES string of the molecule is CCOc1ccc(N2C(=O)C(=Cc3cc(Br)c(OCC(=O)O)c(Br)c3)C(=O)NC2=S)cc1. The molecule has 11 heteroatoms. The monoisotopic (exact) mass is 582 g/mol. The molecule has 1 fully saturated rings. The van der Waals surface area contributed by atoms with Gasteiger partial charge in [0, 0.05) is 0 Å². The van der Waals surface area contributed by atoms with Crippen LogP contribution in [-0.2, 0) is 14.4 Å². The third-order valence-corrected chi connectivity index (χ3v) is 5.64. The number of carboxylic acids is 1. The molecule has 2 amide bonds. The Morgan fingerprint density at radius 2 is 1.78 bits per heavy atom. The number of anilines is 1. The van der Waals surface area contributed by atoms with Crippen molar-refractivity contribution in [2.45, 2.75) is 6.92 Å². The molecule has 3 rings (SSSR count). The molecule has 0 radical (unpaired) electrons. The summed E-state index contributed by atoms with van der Waals surface area (Å²) in [5.41, 5.74) is 0.865. The fourth-order valence-electron chi connectivity index (χ4n) is 2.85. The molecule has 0 bridgehead atoms. The summed E-state index contributed by atoms with van der Waals surface area (Å²) in [6.07, 6.45) is 1.41. The fraction of sp³-hybridized carbons (Fsp3) is 0.143. The molecule has 1 aliphatic heterocycles. The van der Waals surface area contributed by atoms with Crippen LogP contribution in [0.4, 0.5) is 5.69 Å². The largest absolute Gasteiger partial charge is 0.494 e. The summed E-state index contributed by atoms with van der Waals surface area (Å²) in [6.45, 7) is 1.85. The van der Waals surface area contributed by atoms with Gasteiger partial charge in [0.05, 0.1) is 21.2 Å². The number of carbonyl (C=O) groups excluding carboxylic acids is 2. The number of carbonyl (C=O) groups is 3. The van der Waals surface area contributed by atoms with Crippen molar-refractivity contribution in [2.24, 2.45) is 0 Å². The molecule has 2 aromatic carbocycles. The van der Waals surface area contributed by atoms with Crippen molar-refractivity contribution < 1.29 is 29.0 Å². The molecule has 1 heterocycles. The van der Waals surface area contributed by atoms with Gasteiger partial charge in [0.15, 0.2) is 11.7 Å². The molecule has 0 saturated carbocycles. The number of thiocarbonyl (C=S) groups is 1. The van der Waals surface area contributed by atoms with Crippen molar-refractivity contribution >= 4 is 78.7 Å². The summed E-state index contributed by atoms with van der Waals surface area (Å²) in [4.78, 5) is 37.6. The van der Waals surface area contributed by atoms with Crippen LogP contribution in [0.15, 0.2) is 50.9 Å². The molecule has 0 aliphatic carbocycles. The van der Waals surface area contributed by atoms with E-state index in [1.807, 2.05) is 6.92 Å². The summed E-state index contributed by atoms with van der Waals surface area (Å²) in [5, 5.41) is 11.3. The van der Waals surface area contributed by atoms with Crippen LogP contribution in [0.25, 0.3) is 6.08 Å². The molecule has 2 aromatic rings. The lowest BCUT2D eigenvalue weighted by atomic mass is 10.1. The van der Waals surface area contributed by atoms with E-state index < -0.39 is 24.4 Å². The average molecular weight is 584 g/mol. The Labute approximate surface area is 205 Å². The molecule has 0 atom stereocenters. The molecule has 1 saturated heterocycles. The van der Waals surface area contributed by atoms with Gasteiger partial charge in [-0.2, -0.15) is 0 Å². The Balaban J connectivity index is 1.93. The van der Waals surface area contributed by atoms with Crippen LogP contribution in [0, 0.1) is 0 Å². The Kier molecular flexibility index (Phi) is 7.64. The van der Waals surface area contributed by atoms with E-state index in [2.05, 4.69) is 37.2 Å². The zero-order valence-electron chi connectivity index (χ0n) is 16.6. The van der Waals surface area contributed by atoms with Crippen LogP contribution >= 0.6 is 44.1 Å². The highest BCUT2D eigenvalue weighted by molar-refractivity contribution is 9.11. The number of halogens is 2. The van der Waals surface area contributed by atoms with Crippen molar-refractivity contribution in [1.29, 1.82) is 0 Å². The molecule has 2 N–H and O–H groups in total. The maximum atomic E-state index is 13.1. The number of ether oxygens (including phenoxy) is 2. The van der Waals surface area contributed by atoms with Gasteiger partial charge >= 0.3 is 5.97 Å². The van der Waals surface area contributed by atoms with Crippen LogP contribution in [0.3, 0.4) is 0 Å². The molecule has 1 aliphatic rings. The molecule has 0 spiro atoms. The minimum absolute atomic E-state index is 0.0268. The van der Waals surface area contributed by atoms with Crippen LogP contribution in [0.1, 0.15) is 12.5 Å². The van der Waals surface area contributed by atoms with E-state index in [9.17, 15) is 14.4 Å². The number of nitrogens with one attached hydrogen (secondary N) is 1. The topological polar surface area (TPSA) is 105 Å². The number of benzene rings is 2. The lowest BCUT2D eigenvalue weighted by Gasteiger charge is -2.29. The van der Waals surface area contributed by atoms with Crippen LogP contribution in [0.5, 0.6) is 11.5 Å². The van der Waals surface area contributed by atoms with Gasteiger partial charge in [0.2, 0.25) is 0 Å². The first-order chi connectivity index (χ1) is 15.2. The van der Waals surface area contributed by atoms with Gasteiger partial charge in [-0.1, -0.05) is 0 Å². The highest BCUT2D eigenvalue weighted by Crippen LogP contribution is 2.36. The van der Waals surface area contributed by atoms with Gasteiger partial charge < -0.3 is 14.6 Å². The van der Waals surface area contributed by atoms with Gasteiger partial charge in [-0.3, -0.25) is 19.8 Å². The molecule has 32 heavy (non-hydrogen) atoms. The van der Waals surface area contributed by atoms with Gasteiger partial charge in [0.25, 0.3) is 11.8 Å². The van der Waals surface area contributed by atoms with Crippen molar-refractivity contribution in [3.05, 3.63) is 56.5 Å². The fourth-order valence-corrected chi connectivity index (χ4v) is 4.58. The van der Waals surface area contributed by atoms with E-state index in [1.165, 1.54) is 11.0 Å². The van der Waals surface area contributed by atoms with E-state index in [1.54, 1.807) is 36.4 Å². The number of nitrogens with zero attached hydrogens (tertiary/aromatic N) is 1. The highest BCUT2D eigenvalue weighted by Gasteiger charge is 2.34. The van der Waals surface area contributed by atoms with E-state index in [0.29, 0.717) is 32.6 Å². The smallest absolute Gasteiger partial charge is 0.341 e. The third kappa shape index (κ3) is 5.34. The first-order valence-corrected chi connectivity index (χ1v) is 11.2. The quantitative estimate of drug-likeness (QED) is 0.289. The van der Waals surface area contributed by atoms with E-state index >= 15 is 0 Å². The number of carboxylic acid groups (broad SMARTS) is 1. The number of aliphatic carboxylic acids is 1. The average Bonchev–Trinajstić information content (AvgIpc) is 2.71. The molecule has 8 nitrogen and oxygen atoms in total. The van der Waals surface area contributed by atoms with E-state index in [-0.39, 0.29) is 16.4 Å². The normalized spacial score (nSPS) is 15.0. The lowest BCUT2D eigenvalue weighted by molar-refractivity contribution is -0.139. The third-order valence-electron chi connectivity index (χ3n) is 4.18. The van der Waals surface area contributed by atoms with E-state index in [4.69, 9.17) is 26.8 Å². The Morgan fingerprint density at radius 3 is 2.34 bits per heavy atom. The zero-order chi connectivity index (χ0) is 23.4. The second kappa shape index (κ2) is 10.2. The van der Waals surface area contributed by atoms with Crippen LogP contribution in [0.2, 0.25) is 0 Å². The van der Waals surface area contributed by atoms with Gasteiger partial charge in [0.1, 0.15) is 17.1 Å². The maximum absolute atomic E-state index is 13.1. The molecule has 166 valence electrons. The predicted molar refractivity (Wildman–Crippen MR) is 129 cm³/mol. The molecular weight excluding hydrogens is 568 g/mol. The second-order valence-corrected chi connectivity index (χ2v) is 8.48. The van der Waals surface area contributed by atoms with Crippen molar-refractivity contribution in [3.8, 4) is 11.5 Å². The summed E-state index contributed by atoms with van der Waals surface area (Å²) < 4.78 is 11.5. The van der Waals surface area contributed by atoms with Crippen molar-refractivity contribution in [2.75, 3.05) is 18.1 Å². The van der Waals surface area contributed by atoms with Gasteiger partial charge in [-0.25, -0.2) is 4.79 Å². The number of hydrogen-bond donors (Lipinski definition) is 2. The molecule has 0 unspecified atom stereocenters. The van der Waals surface area contributed by atoms with Gasteiger partial charge in [-0.15, -0.1) is 0 Å². The molecular formula is C21H16Br2N2O6S. The Hall–Kier alpha value is -2.76. The minimum atomic E-state index is -1.12. The lowest BCUT2D eigenvalue weighted by Crippen LogP contribution is -2.54. The number of amides is 2. The first-order valence-electron chi connectivity index (χ1n) is 9.19. The zero-order valence-corrected chi connectivity index (χ0v) is 20.5. The van der Waals surface area contributed by atoms with Gasteiger partial charge in [-0.05, 0) is 99.0 Å². The first kappa shape index (κ1) is 23.9. The van der Waals surface area contributed by atoms with Crippen molar-refractivity contribution in [1.82, 2.24) is 5.32 Å². The minimum Gasteiger partial charge on any atom is -0.494 e. The number of rotatable bonds is 7. The maximum Gasteiger partial charge on any atom is 0.341 e.